The number of rotatable bonds is 2. The first-order chi connectivity index (χ1) is 8.72. The van der Waals surface area contributed by atoms with Crippen molar-refractivity contribution in [2.24, 2.45) is 0 Å². The molecular formula is C14H11ClN2O. The van der Waals surface area contributed by atoms with Crippen molar-refractivity contribution >= 4 is 28.4 Å². The SMILES string of the molecule is CC#CCNC(=O)c1cc(Cl)nc2ccccc12. The molecular weight excluding hydrogens is 248 g/mol. The van der Waals surface area contributed by atoms with E-state index in [9.17, 15) is 4.79 Å². The number of hydrogen-bond acceptors (Lipinski definition) is 2. The summed E-state index contributed by atoms with van der Waals surface area (Å²) in [5.41, 5.74) is 1.22. The molecule has 0 saturated heterocycles. The predicted octanol–water partition coefficient (Wildman–Crippen LogP) is 2.64. The van der Waals surface area contributed by atoms with Gasteiger partial charge in [0.2, 0.25) is 0 Å². The van der Waals surface area contributed by atoms with Crippen LogP contribution in [0.25, 0.3) is 10.9 Å². The van der Waals surface area contributed by atoms with Crippen LogP contribution in [0.4, 0.5) is 0 Å². The Morgan fingerprint density at radius 2 is 2.22 bits per heavy atom. The van der Waals surface area contributed by atoms with Gasteiger partial charge in [-0.2, -0.15) is 0 Å². The molecule has 4 heteroatoms. The third kappa shape index (κ3) is 2.61. The standard InChI is InChI=1S/C14H11ClN2O/c1-2-3-8-16-14(18)11-9-13(15)17-12-7-5-4-6-10(11)12/h4-7,9H,8H2,1H3,(H,16,18). The van der Waals surface area contributed by atoms with Crippen molar-refractivity contribution in [2.45, 2.75) is 6.92 Å². The quantitative estimate of drug-likeness (QED) is 0.665. The molecule has 1 aromatic carbocycles. The number of amides is 1. The maximum Gasteiger partial charge on any atom is 0.252 e. The van der Waals surface area contributed by atoms with Gasteiger partial charge in [-0.05, 0) is 19.1 Å². The molecule has 0 aliphatic carbocycles. The highest BCUT2D eigenvalue weighted by Crippen LogP contribution is 2.20. The van der Waals surface area contributed by atoms with Crippen LogP contribution in [0.3, 0.4) is 0 Å². The Hall–Kier alpha value is -2.05. The first kappa shape index (κ1) is 12.4. The van der Waals surface area contributed by atoms with Crippen LogP contribution in [0.1, 0.15) is 17.3 Å². The van der Waals surface area contributed by atoms with E-state index < -0.39 is 0 Å². The zero-order valence-electron chi connectivity index (χ0n) is 9.83. The Bertz CT molecular complexity index is 656. The number of carbonyl (C=O) groups is 1. The van der Waals surface area contributed by atoms with Crippen molar-refractivity contribution in [1.29, 1.82) is 0 Å². The number of aromatic nitrogens is 1. The Morgan fingerprint density at radius 1 is 1.44 bits per heavy atom. The molecule has 0 fully saturated rings. The molecule has 90 valence electrons. The number of benzene rings is 1. The van der Waals surface area contributed by atoms with Crippen LogP contribution in [0.5, 0.6) is 0 Å². The molecule has 0 saturated carbocycles. The molecule has 18 heavy (non-hydrogen) atoms. The molecule has 1 N–H and O–H groups in total. The van der Waals surface area contributed by atoms with Gasteiger partial charge in [0.1, 0.15) is 5.15 Å². The molecule has 2 aromatic rings. The molecule has 2 rings (SSSR count). The van der Waals surface area contributed by atoms with E-state index in [1.54, 1.807) is 13.0 Å². The lowest BCUT2D eigenvalue weighted by Gasteiger charge is -2.06. The number of halogens is 1. The fraction of sp³-hybridized carbons (Fsp3) is 0.143. The summed E-state index contributed by atoms with van der Waals surface area (Å²) in [6.45, 7) is 2.05. The largest absolute Gasteiger partial charge is 0.341 e. The fourth-order valence-corrected chi connectivity index (χ4v) is 1.84. The summed E-state index contributed by atoms with van der Waals surface area (Å²) in [5, 5.41) is 3.81. The second-order valence-corrected chi connectivity index (χ2v) is 4.01. The summed E-state index contributed by atoms with van der Waals surface area (Å²) in [5.74, 6) is 5.30. The van der Waals surface area contributed by atoms with Gasteiger partial charge in [-0.1, -0.05) is 35.7 Å². The van der Waals surface area contributed by atoms with Gasteiger partial charge in [-0.15, -0.1) is 5.92 Å². The van der Waals surface area contributed by atoms with Crippen LogP contribution < -0.4 is 5.32 Å². The van der Waals surface area contributed by atoms with E-state index >= 15 is 0 Å². The maximum atomic E-state index is 12.0. The van der Waals surface area contributed by atoms with Crippen LogP contribution in [0.2, 0.25) is 5.15 Å². The van der Waals surface area contributed by atoms with Gasteiger partial charge in [0, 0.05) is 5.39 Å². The van der Waals surface area contributed by atoms with E-state index in [2.05, 4.69) is 22.1 Å². The molecule has 1 amide bonds. The minimum atomic E-state index is -0.196. The normalized spacial score (nSPS) is 9.67. The van der Waals surface area contributed by atoms with E-state index in [0.717, 1.165) is 5.39 Å². The Balaban J connectivity index is 2.42. The third-order valence-electron chi connectivity index (χ3n) is 2.44. The van der Waals surface area contributed by atoms with Crippen molar-refractivity contribution in [3.63, 3.8) is 0 Å². The van der Waals surface area contributed by atoms with Crippen LogP contribution >= 0.6 is 11.6 Å². The highest BCUT2D eigenvalue weighted by atomic mass is 35.5. The van der Waals surface area contributed by atoms with E-state index in [1.807, 2.05) is 24.3 Å². The van der Waals surface area contributed by atoms with Crippen molar-refractivity contribution < 1.29 is 4.79 Å². The second-order valence-electron chi connectivity index (χ2n) is 3.62. The molecule has 1 aromatic heterocycles. The lowest BCUT2D eigenvalue weighted by molar-refractivity contribution is 0.0960. The Morgan fingerprint density at radius 3 is 3.00 bits per heavy atom. The van der Waals surface area contributed by atoms with Gasteiger partial charge in [-0.25, -0.2) is 4.98 Å². The first-order valence-electron chi connectivity index (χ1n) is 5.45. The van der Waals surface area contributed by atoms with Crippen LogP contribution in [0.15, 0.2) is 30.3 Å². The number of nitrogens with zero attached hydrogens (tertiary/aromatic N) is 1. The van der Waals surface area contributed by atoms with E-state index in [0.29, 0.717) is 22.8 Å². The molecule has 1 heterocycles. The highest BCUT2D eigenvalue weighted by molar-refractivity contribution is 6.30. The van der Waals surface area contributed by atoms with Gasteiger partial charge in [0.25, 0.3) is 5.91 Å². The average molecular weight is 259 g/mol. The number of fused-ring (bicyclic) bond motifs is 1. The molecule has 0 atom stereocenters. The highest BCUT2D eigenvalue weighted by Gasteiger charge is 2.11. The number of nitrogens with one attached hydrogen (secondary N) is 1. The summed E-state index contributed by atoms with van der Waals surface area (Å²) in [7, 11) is 0. The number of carbonyl (C=O) groups excluding carboxylic acids is 1. The Labute approximate surface area is 110 Å². The summed E-state index contributed by atoms with van der Waals surface area (Å²) < 4.78 is 0. The molecule has 0 aliphatic heterocycles. The lowest BCUT2D eigenvalue weighted by atomic mass is 10.1. The zero-order chi connectivity index (χ0) is 13.0. The number of para-hydroxylation sites is 1. The predicted molar refractivity (Wildman–Crippen MR) is 72.5 cm³/mol. The number of hydrogen-bond donors (Lipinski definition) is 1. The molecule has 0 unspecified atom stereocenters. The molecule has 3 nitrogen and oxygen atoms in total. The topological polar surface area (TPSA) is 42.0 Å². The number of pyridine rings is 1. The smallest absolute Gasteiger partial charge is 0.252 e. The van der Waals surface area contributed by atoms with Crippen LogP contribution in [-0.4, -0.2) is 17.4 Å². The van der Waals surface area contributed by atoms with Crippen molar-refractivity contribution in [3.8, 4) is 11.8 Å². The van der Waals surface area contributed by atoms with E-state index in [1.165, 1.54) is 0 Å². The van der Waals surface area contributed by atoms with E-state index in [4.69, 9.17) is 11.6 Å². The molecule has 0 bridgehead atoms. The van der Waals surface area contributed by atoms with Gasteiger partial charge < -0.3 is 5.32 Å². The molecule has 0 aliphatic rings. The van der Waals surface area contributed by atoms with Crippen molar-refractivity contribution in [3.05, 3.63) is 41.0 Å². The summed E-state index contributed by atoms with van der Waals surface area (Å²) >= 11 is 5.91. The van der Waals surface area contributed by atoms with Crippen LogP contribution in [-0.2, 0) is 0 Å². The molecule has 0 spiro atoms. The third-order valence-corrected chi connectivity index (χ3v) is 2.64. The van der Waals surface area contributed by atoms with Gasteiger partial charge >= 0.3 is 0 Å². The van der Waals surface area contributed by atoms with Crippen molar-refractivity contribution in [1.82, 2.24) is 10.3 Å². The van der Waals surface area contributed by atoms with E-state index in [-0.39, 0.29) is 5.91 Å². The fourth-order valence-electron chi connectivity index (χ4n) is 1.64. The summed E-state index contributed by atoms with van der Waals surface area (Å²) in [6.07, 6.45) is 0. The monoisotopic (exact) mass is 258 g/mol. The minimum Gasteiger partial charge on any atom is -0.341 e. The van der Waals surface area contributed by atoms with Gasteiger partial charge in [0.15, 0.2) is 0 Å². The molecule has 0 radical (unpaired) electrons. The maximum absolute atomic E-state index is 12.0. The Kier molecular flexibility index (Phi) is 3.81. The first-order valence-corrected chi connectivity index (χ1v) is 5.83. The average Bonchev–Trinajstić information content (AvgIpc) is 2.38. The van der Waals surface area contributed by atoms with Gasteiger partial charge in [0.05, 0.1) is 17.6 Å². The second kappa shape index (κ2) is 5.52. The summed E-state index contributed by atoms with van der Waals surface area (Å²) in [6, 6.07) is 8.96. The lowest BCUT2D eigenvalue weighted by Crippen LogP contribution is -2.23. The van der Waals surface area contributed by atoms with Gasteiger partial charge in [-0.3, -0.25) is 4.79 Å². The zero-order valence-corrected chi connectivity index (χ0v) is 10.6. The minimum absolute atomic E-state index is 0.196. The van der Waals surface area contributed by atoms with Crippen molar-refractivity contribution in [2.75, 3.05) is 6.54 Å². The summed E-state index contributed by atoms with van der Waals surface area (Å²) in [4.78, 5) is 16.2. The van der Waals surface area contributed by atoms with Crippen LogP contribution in [0, 0.1) is 11.8 Å².